The van der Waals surface area contributed by atoms with Gasteiger partial charge in [-0.1, -0.05) is 18.5 Å². The fourth-order valence-corrected chi connectivity index (χ4v) is 2.03. The van der Waals surface area contributed by atoms with Crippen molar-refractivity contribution in [3.05, 3.63) is 41.1 Å². The van der Waals surface area contributed by atoms with Gasteiger partial charge in [-0.3, -0.25) is 4.98 Å². The Morgan fingerprint density at radius 1 is 1.26 bits per heavy atom. The summed E-state index contributed by atoms with van der Waals surface area (Å²) in [4.78, 5) is 11.4. The number of hydrogen-bond donors (Lipinski definition) is 0. The maximum atomic E-state index is 13.0. The van der Waals surface area contributed by atoms with Crippen molar-refractivity contribution in [3.8, 4) is 11.3 Å². The predicted octanol–water partition coefficient (Wildman–Crippen LogP) is 3.77. The molecule has 0 N–H and O–H groups in total. The molecule has 0 fully saturated rings. The summed E-state index contributed by atoms with van der Waals surface area (Å²) in [7, 11) is 0. The molecule has 2 aromatic heterocycles. The summed E-state index contributed by atoms with van der Waals surface area (Å²) in [6.45, 7) is 1.78. The average Bonchev–Trinajstić information content (AvgIpc) is 2.37. The molecular weight excluding hydrogens is 279 g/mol. The molecule has 0 spiro atoms. The molecular formula is C12H9ClF3N3. The van der Waals surface area contributed by atoms with Crippen molar-refractivity contribution in [2.45, 2.75) is 19.5 Å². The first-order chi connectivity index (χ1) is 8.95. The molecule has 0 saturated heterocycles. The summed E-state index contributed by atoms with van der Waals surface area (Å²) in [5, 5.41) is 0.157. The van der Waals surface area contributed by atoms with E-state index >= 15 is 0 Å². The Morgan fingerprint density at radius 3 is 2.63 bits per heavy atom. The van der Waals surface area contributed by atoms with Crippen LogP contribution in [0.25, 0.3) is 11.3 Å². The van der Waals surface area contributed by atoms with E-state index in [0.29, 0.717) is 12.0 Å². The minimum Gasteiger partial charge on any atom is -0.264 e. The Kier molecular flexibility index (Phi) is 3.71. The monoisotopic (exact) mass is 287 g/mol. The third-order valence-electron chi connectivity index (χ3n) is 2.63. The second-order valence-electron chi connectivity index (χ2n) is 3.76. The van der Waals surface area contributed by atoms with Gasteiger partial charge in [0.25, 0.3) is 0 Å². The predicted molar refractivity (Wildman–Crippen MR) is 64.7 cm³/mol. The van der Waals surface area contributed by atoms with E-state index in [4.69, 9.17) is 11.6 Å². The Morgan fingerprint density at radius 2 is 2.00 bits per heavy atom. The van der Waals surface area contributed by atoms with Gasteiger partial charge >= 0.3 is 6.18 Å². The summed E-state index contributed by atoms with van der Waals surface area (Å²) in [6.07, 6.45) is -0.659. The Balaban J connectivity index is 2.70. The van der Waals surface area contributed by atoms with Gasteiger partial charge in [0.15, 0.2) is 0 Å². The van der Waals surface area contributed by atoms with Crippen molar-refractivity contribution in [2.75, 3.05) is 0 Å². The van der Waals surface area contributed by atoms with Crippen LogP contribution in [0, 0.1) is 0 Å². The molecule has 0 unspecified atom stereocenters. The second kappa shape index (κ2) is 5.13. The van der Waals surface area contributed by atoms with Crippen LogP contribution in [0.15, 0.2) is 24.8 Å². The van der Waals surface area contributed by atoms with E-state index < -0.39 is 11.7 Å². The minimum absolute atomic E-state index is 0.0869. The number of halogens is 4. The molecule has 0 amide bonds. The van der Waals surface area contributed by atoms with Gasteiger partial charge < -0.3 is 0 Å². The van der Waals surface area contributed by atoms with Crippen LogP contribution in [0.5, 0.6) is 0 Å². The Labute approximate surface area is 112 Å². The van der Waals surface area contributed by atoms with Crippen molar-refractivity contribution in [3.63, 3.8) is 0 Å². The van der Waals surface area contributed by atoms with Crippen LogP contribution >= 0.6 is 11.6 Å². The van der Waals surface area contributed by atoms with Crippen LogP contribution in [0.2, 0.25) is 5.15 Å². The van der Waals surface area contributed by atoms with E-state index in [2.05, 4.69) is 15.0 Å². The topological polar surface area (TPSA) is 38.7 Å². The lowest BCUT2D eigenvalue weighted by Gasteiger charge is -2.14. The second-order valence-corrected chi connectivity index (χ2v) is 4.12. The zero-order valence-electron chi connectivity index (χ0n) is 9.87. The maximum absolute atomic E-state index is 13.0. The van der Waals surface area contributed by atoms with Crippen LogP contribution in [-0.4, -0.2) is 15.0 Å². The van der Waals surface area contributed by atoms with E-state index in [1.54, 1.807) is 6.92 Å². The summed E-state index contributed by atoms with van der Waals surface area (Å²) < 4.78 is 38.9. The quantitative estimate of drug-likeness (QED) is 0.789. The van der Waals surface area contributed by atoms with Gasteiger partial charge in [-0.05, 0) is 12.5 Å². The molecule has 0 aromatic carbocycles. The number of hydrogen-bond acceptors (Lipinski definition) is 3. The van der Waals surface area contributed by atoms with Crippen LogP contribution in [0.3, 0.4) is 0 Å². The molecule has 0 aliphatic heterocycles. The van der Waals surface area contributed by atoms with E-state index in [1.807, 2.05) is 0 Å². The van der Waals surface area contributed by atoms with Gasteiger partial charge in [0.1, 0.15) is 11.5 Å². The summed E-state index contributed by atoms with van der Waals surface area (Å²) in [6, 6.07) is 0.921. The van der Waals surface area contributed by atoms with Gasteiger partial charge in [-0.15, -0.1) is 0 Å². The lowest BCUT2D eigenvalue weighted by atomic mass is 10.0. The molecule has 0 aliphatic rings. The number of nitrogens with zero attached hydrogens (tertiary/aromatic N) is 3. The highest BCUT2D eigenvalue weighted by Gasteiger charge is 2.34. The molecule has 0 radical (unpaired) electrons. The fourth-order valence-electron chi connectivity index (χ4n) is 1.77. The zero-order valence-corrected chi connectivity index (χ0v) is 10.6. The van der Waals surface area contributed by atoms with E-state index in [0.717, 1.165) is 24.8 Å². The minimum atomic E-state index is -4.47. The third kappa shape index (κ3) is 2.68. The standard InChI is InChI=1S/C12H9ClF3N3/c1-2-7-10(18-6-19-11(7)13)8-5-17-4-3-9(8)12(14,15)16/h3-6H,2H2,1H3. The van der Waals surface area contributed by atoms with Crippen LogP contribution in [-0.2, 0) is 12.6 Å². The number of alkyl halides is 3. The van der Waals surface area contributed by atoms with Crippen LogP contribution in [0.1, 0.15) is 18.1 Å². The molecule has 2 heterocycles. The van der Waals surface area contributed by atoms with Gasteiger partial charge in [-0.2, -0.15) is 13.2 Å². The highest BCUT2D eigenvalue weighted by molar-refractivity contribution is 6.30. The largest absolute Gasteiger partial charge is 0.417 e. The molecule has 3 nitrogen and oxygen atoms in total. The van der Waals surface area contributed by atoms with E-state index in [9.17, 15) is 13.2 Å². The molecule has 0 aliphatic carbocycles. The molecule has 19 heavy (non-hydrogen) atoms. The van der Waals surface area contributed by atoms with Crippen molar-refractivity contribution >= 4 is 11.6 Å². The normalized spacial score (nSPS) is 11.6. The van der Waals surface area contributed by atoms with Gasteiger partial charge in [0.05, 0.1) is 11.3 Å². The van der Waals surface area contributed by atoms with Crippen molar-refractivity contribution < 1.29 is 13.2 Å². The average molecular weight is 288 g/mol. The Hall–Kier alpha value is -1.69. The smallest absolute Gasteiger partial charge is 0.264 e. The summed E-state index contributed by atoms with van der Waals surface area (Å²) in [5.74, 6) is 0. The van der Waals surface area contributed by atoms with Gasteiger partial charge in [0.2, 0.25) is 0 Å². The summed E-state index contributed by atoms with van der Waals surface area (Å²) in [5.41, 5.74) is -0.228. The Bertz CT molecular complexity index is 599. The zero-order chi connectivity index (χ0) is 14.0. The molecule has 2 rings (SSSR count). The fraction of sp³-hybridized carbons (Fsp3) is 0.250. The third-order valence-corrected chi connectivity index (χ3v) is 2.95. The SMILES string of the molecule is CCc1c(Cl)ncnc1-c1cnccc1C(F)(F)F. The van der Waals surface area contributed by atoms with Crippen molar-refractivity contribution in [1.29, 1.82) is 0 Å². The maximum Gasteiger partial charge on any atom is 0.417 e. The van der Waals surface area contributed by atoms with Gasteiger partial charge in [-0.25, -0.2) is 9.97 Å². The molecule has 100 valence electrons. The first kappa shape index (κ1) is 13.7. The first-order valence-electron chi connectivity index (χ1n) is 5.46. The first-order valence-corrected chi connectivity index (χ1v) is 5.84. The molecule has 0 bridgehead atoms. The van der Waals surface area contributed by atoms with Crippen LogP contribution < -0.4 is 0 Å². The van der Waals surface area contributed by atoms with Gasteiger partial charge in [0, 0.05) is 23.5 Å². The number of pyridine rings is 1. The lowest BCUT2D eigenvalue weighted by molar-refractivity contribution is -0.137. The molecule has 0 saturated carbocycles. The number of aromatic nitrogens is 3. The van der Waals surface area contributed by atoms with E-state index in [-0.39, 0.29) is 16.4 Å². The van der Waals surface area contributed by atoms with E-state index in [1.165, 1.54) is 0 Å². The van der Waals surface area contributed by atoms with Crippen molar-refractivity contribution in [1.82, 2.24) is 15.0 Å². The highest BCUT2D eigenvalue weighted by Crippen LogP contribution is 2.37. The highest BCUT2D eigenvalue weighted by atomic mass is 35.5. The van der Waals surface area contributed by atoms with Crippen molar-refractivity contribution in [2.24, 2.45) is 0 Å². The molecule has 0 atom stereocenters. The molecule has 7 heteroatoms. The summed E-state index contributed by atoms with van der Waals surface area (Å²) >= 11 is 5.89. The van der Waals surface area contributed by atoms with Crippen LogP contribution in [0.4, 0.5) is 13.2 Å². The number of rotatable bonds is 2. The molecule has 2 aromatic rings. The lowest BCUT2D eigenvalue weighted by Crippen LogP contribution is -2.09.